The van der Waals surface area contributed by atoms with Gasteiger partial charge in [-0.05, 0) is 28.7 Å². The van der Waals surface area contributed by atoms with Crippen LogP contribution < -0.4 is 4.74 Å². The molecule has 0 amide bonds. The normalized spacial score (nSPS) is 11.2. The highest BCUT2D eigenvalue weighted by Gasteiger charge is 2.34. The van der Waals surface area contributed by atoms with Crippen molar-refractivity contribution in [3.05, 3.63) is 20.9 Å². The number of halogens is 5. The number of pyridine rings is 1. The Morgan fingerprint density at radius 3 is 2.56 bits per heavy atom. The maximum Gasteiger partial charge on any atom is 0.574 e. The highest BCUT2D eigenvalue weighted by atomic mass is 127. The van der Waals surface area contributed by atoms with Gasteiger partial charge in [-0.1, -0.05) is 0 Å². The number of hydrogen-bond donors (Lipinski definition) is 0. The molecule has 4 nitrogen and oxygen atoms in total. The number of methoxy groups -OCH3 is 1. The molecule has 0 aliphatic heterocycles. The molecular weight excluding hydrogens is 373 g/mol. The molecule has 0 aliphatic rings. The molecule has 0 saturated carbocycles. The summed E-state index contributed by atoms with van der Waals surface area (Å²) < 4.78 is 56.9. The van der Waals surface area contributed by atoms with Gasteiger partial charge in [0.05, 0.1) is 12.7 Å². The summed E-state index contributed by atoms with van der Waals surface area (Å²) in [6.45, 7) is -1.20. The number of carbonyl (C=O) groups excluding carboxylic acids is 1. The zero-order valence-electron chi connectivity index (χ0n) is 8.85. The van der Waals surface area contributed by atoms with Crippen LogP contribution >= 0.6 is 22.6 Å². The third-order valence-corrected chi connectivity index (χ3v) is 2.73. The van der Waals surface area contributed by atoms with Gasteiger partial charge in [0.2, 0.25) is 5.88 Å². The van der Waals surface area contributed by atoms with Crippen molar-refractivity contribution in [3.63, 3.8) is 0 Å². The van der Waals surface area contributed by atoms with Crippen molar-refractivity contribution in [3.8, 4) is 5.88 Å². The van der Waals surface area contributed by atoms with Gasteiger partial charge in [0.25, 0.3) is 0 Å². The minimum Gasteiger partial charge on any atom is -0.464 e. The van der Waals surface area contributed by atoms with Crippen molar-refractivity contribution in [1.29, 1.82) is 0 Å². The van der Waals surface area contributed by atoms with E-state index in [-0.39, 0.29) is 9.13 Å². The van der Waals surface area contributed by atoms with Crippen LogP contribution in [0.5, 0.6) is 5.88 Å². The molecule has 9 heteroatoms. The van der Waals surface area contributed by atoms with Crippen molar-refractivity contribution in [1.82, 2.24) is 4.98 Å². The quantitative estimate of drug-likeness (QED) is 0.461. The third-order valence-electron chi connectivity index (χ3n) is 1.77. The van der Waals surface area contributed by atoms with E-state index in [0.717, 1.165) is 13.2 Å². The van der Waals surface area contributed by atoms with Crippen LogP contribution in [0.4, 0.5) is 17.6 Å². The standard InChI is InChI=1S/C9H6F4INO3/c1-17-8(16)6-2-5(14)4(3-10)7(15-6)18-9(11,12)13/h2H,3H2,1H3. The first kappa shape index (κ1) is 14.9. The van der Waals surface area contributed by atoms with E-state index in [2.05, 4.69) is 14.5 Å². The second kappa shape index (κ2) is 5.67. The van der Waals surface area contributed by atoms with E-state index in [1.54, 1.807) is 22.6 Å². The first-order valence-corrected chi connectivity index (χ1v) is 5.45. The van der Waals surface area contributed by atoms with Crippen LogP contribution in [0.25, 0.3) is 0 Å². The van der Waals surface area contributed by atoms with Crippen LogP contribution in [0.1, 0.15) is 16.1 Å². The molecule has 18 heavy (non-hydrogen) atoms. The minimum absolute atomic E-state index is 0.0877. The molecule has 0 spiro atoms. The number of alkyl halides is 4. The Labute approximate surface area is 112 Å². The number of rotatable bonds is 3. The van der Waals surface area contributed by atoms with Gasteiger partial charge < -0.3 is 9.47 Å². The van der Waals surface area contributed by atoms with Crippen molar-refractivity contribution < 1.29 is 31.8 Å². The lowest BCUT2D eigenvalue weighted by Crippen LogP contribution is -2.20. The number of esters is 1. The smallest absolute Gasteiger partial charge is 0.464 e. The summed E-state index contributed by atoms with van der Waals surface area (Å²) in [5.41, 5.74) is -0.765. The molecule has 0 fully saturated rings. The third kappa shape index (κ3) is 3.68. The topological polar surface area (TPSA) is 48.4 Å². The molecule has 0 bridgehead atoms. The molecule has 1 aromatic rings. The Morgan fingerprint density at radius 2 is 2.11 bits per heavy atom. The predicted octanol–water partition coefficient (Wildman–Crippen LogP) is 2.84. The molecule has 0 saturated heterocycles. The second-order valence-corrected chi connectivity index (χ2v) is 4.11. The summed E-state index contributed by atoms with van der Waals surface area (Å²) in [4.78, 5) is 14.5. The average Bonchev–Trinajstić information content (AvgIpc) is 2.25. The first-order valence-electron chi connectivity index (χ1n) is 4.38. The van der Waals surface area contributed by atoms with Crippen LogP contribution in [0.15, 0.2) is 6.07 Å². The fraction of sp³-hybridized carbons (Fsp3) is 0.333. The summed E-state index contributed by atoms with van der Waals surface area (Å²) >= 11 is 1.58. The Hall–Kier alpha value is -1.13. The van der Waals surface area contributed by atoms with E-state index in [1.807, 2.05) is 0 Å². The maximum absolute atomic E-state index is 12.6. The maximum atomic E-state index is 12.6. The number of aromatic nitrogens is 1. The lowest BCUT2D eigenvalue weighted by Gasteiger charge is -2.12. The fourth-order valence-electron chi connectivity index (χ4n) is 1.04. The Morgan fingerprint density at radius 1 is 1.50 bits per heavy atom. The van der Waals surface area contributed by atoms with E-state index < -0.39 is 30.6 Å². The Kier molecular flexibility index (Phi) is 4.71. The number of carbonyl (C=O) groups is 1. The van der Waals surface area contributed by atoms with Crippen LogP contribution in [0.2, 0.25) is 0 Å². The molecular formula is C9H6F4INO3. The lowest BCUT2D eigenvalue weighted by atomic mass is 10.2. The SMILES string of the molecule is COC(=O)c1cc(I)c(CF)c(OC(F)(F)F)n1. The van der Waals surface area contributed by atoms with E-state index in [1.165, 1.54) is 0 Å². The van der Waals surface area contributed by atoms with Crippen molar-refractivity contribution >= 4 is 28.6 Å². The van der Waals surface area contributed by atoms with Gasteiger partial charge in [0, 0.05) is 3.57 Å². The molecule has 0 aromatic carbocycles. The second-order valence-electron chi connectivity index (χ2n) is 2.95. The van der Waals surface area contributed by atoms with Crippen molar-refractivity contribution in [2.45, 2.75) is 13.0 Å². The van der Waals surface area contributed by atoms with Crippen LogP contribution in [-0.2, 0) is 11.4 Å². The van der Waals surface area contributed by atoms with E-state index in [9.17, 15) is 22.4 Å². The van der Waals surface area contributed by atoms with Crippen LogP contribution in [0, 0.1) is 3.57 Å². The summed E-state index contributed by atoms with van der Waals surface area (Å²) in [6.07, 6.45) is -5.02. The monoisotopic (exact) mass is 379 g/mol. The Bertz CT molecular complexity index is 464. The highest BCUT2D eigenvalue weighted by Crippen LogP contribution is 2.29. The predicted molar refractivity (Wildman–Crippen MR) is 59.8 cm³/mol. The van der Waals surface area contributed by atoms with Gasteiger partial charge in [-0.15, -0.1) is 13.2 Å². The summed E-state index contributed by atoms with van der Waals surface area (Å²) in [5, 5.41) is 0. The number of nitrogens with zero attached hydrogens (tertiary/aromatic N) is 1. The van der Waals surface area contributed by atoms with Gasteiger partial charge in [-0.3, -0.25) is 0 Å². The molecule has 0 aliphatic carbocycles. The van der Waals surface area contributed by atoms with Gasteiger partial charge >= 0.3 is 12.3 Å². The van der Waals surface area contributed by atoms with E-state index >= 15 is 0 Å². The molecule has 1 heterocycles. The van der Waals surface area contributed by atoms with E-state index in [4.69, 9.17) is 0 Å². The lowest BCUT2D eigenvalue weighted by molar-refractivity contribution is -0.276. The molecule has 0 unspecified atom stereocenters. The average molecular weight is 379 g/mol. The minimum atomic E-state index is -5.02. The van der Waals surface area contributed by atoms with Crippen molar-refractivity contribution in [2.75, 3.05) is 7.11 Å². The zero-order valence-corrected chi connectivity index (χ0v) is 11.0. The van der Waals surface area contributed by atoms with Crippen LogP contribution in [0.3, 0.4) is 0 Å². The Balaban J connectivity index is 3.28. The van der Waals surface area contributed by atoms with Crippen molar-refractivity contribution in [2.24, 2.45) is 0 Å². The van der Waals surface area contributed by atoms with Gasteiger partial charge in [-0.25, -0.2) is 14.2 Å². The largest absolute Gasteiger partial charge is 0.574 e. The summed E-state index contributed by atoms with van der Waals surface area (Å²) in [5.74, 6) is -1.93. The summed E-state index contributed by atoms with van der Waals surface area (Å²) in [7, 11) is 1.05. The molecule has 1 rings (SSSR count). The number of ether oxygens (including phenoxy) is 2. The van der Waals surface area contributed by atoms with Gasteiger partial charge in [0.15, 0.2) is 5.69 Å². The molecule has 1 aromatic heterocycles. The summed E-state index contributed by atoms with van der Waals surface area (Å²) in [6, 6.07) is 1.12. The zero-order chi connectivity index (χ0) is 13.9. The molecule has 0 atom stereocenters. The first-order chi connectivity index (χ1) is 8.28. The van der Waals surface area contributed by atoms with E-state index in [0.29, 0.717) is 0 Å². The number of hydrogen-bond acceptors (Lipinski definition) is 4. The molecule has 0 radical (unpaired) electrons. The molecule has 100 valence electrons. The molecule has 0 N–H and O–H groups in total. The fourth-order valence-corrected chi connectivity index (χ4v) is 1.71. The highest BCUT2D eigenvalue weighted by molar-refractivity contribution is 14.1. The van der Waals surface area contributed by atoms with Gasteiger partial charge in [0.1, 0.15) is 6.67 Å². The van der Waals surface area contributed by atoms with Gasteiger partial charge in [-0.2, -0.15) is 0 Å². The van der Waals surface area contributed by atoms with Crippen LogP contribution in [-0.4, -0.2) is 24.4 Å².